The van der Waals surface area contributed by atoms with Gasteiger partial charge in [-0.2, -0.15) is 0 Å². The molecule has 0 aliphatic heterocycles. The van der Waals surface area contributed by atoms with E-state index in [0.29, 0.717) is 0 Å². The van der Waals surface area contributed by atoms with Crippen LogP contribution in [0.4, 0.5) is 0 Å². The molecule has 0 unspecified atom stereocenters. The zero-order valence-corrected chi connectivity index (χ0v) is 11.7. The lowest BCUT2D eigenvalue weighted by Gasteiger charge is -2.22. The van der Waals surface area contributed by atoms with E-state index < -0.39 is 6.10 Å². The number of aliphatic hydroxyl groups is 1. The highest BCUT2D eigenvalue weighted by Crippen LogP contribution is 2.28. The number of benzene rings is 2. The molecule has 0 aliphatic carbocycles. The summed E-state index contributed by atoms with van der Waals surface area (Å²) >= 11 is 0. The maximum atomic E-state index is 10.2. The minimum atomic E-state index is -0.598. The molecule has 1 nitrogen and oxygen atoms in total. The normalized spacial score (nSPS) is 15.7. The van der Waals surface area contributed by atoms with Crippen LogP contribution in [0.15, 0.2) is 85.5 Å². The van der Waals surface area contributed by atoms with Crippen LogP contribution in [0.3, 0.4) is 0 Å². The summed E-state index contributed by atoms with van der Waals surface area (Å²) < 4.78 is 0. The molecule has 2 aromatic carbocycles. The lowest BCUT2D eigenvalue weighted by molar-refractivity contribution is 0.228. The molecule has 2 atom stereocenters. The van der Waals surface area contributed by atoms with Gasteiger partial charge in [-0.3, -0.25) is 0 Å². The van der Waals surface area contributed by atoms with E-state index in [-0.39, 0.29) is 5.41 Å². The van der Waals surface area contributed by atoms with Gasteiger partial charge in [-0.05, 0) is 18.1 Å². The molecule has 1 heteroatoms. The summed E-state index contributed by atoms with van der Waals surface area (Å²) in [5.74, 6) is 0. The van der Waals surface area contributed by atoms with Crippen molar-refractivity contribution in [2.45, 2.75) is 18.4 Å². The number of hydrogen-bond donors (Lipinski definition) is 1. The average molecular weight is 264 g/mol. The summed E-state index contributed by atoms with van der Waals surface area (Å²) in [5.41, 5.74) is 1.77. The van der Waals surface area contributed by atoms with E-state index in [2.05, 4.69) is 25.6 Å². The van der Waals surface area contributed by atoms with E-state index >= 15 is 0 Å². The lowest BCUT2D eigenvalue weighted by Crippen LogP contribution is -2.15. The number of hydrogen-bond acceptors (Lipinski definition) is 1. The zero-order valence-electron chi connectivity index (χ0n) is 11.7. The van der Waals surface area contributed by atoms with Crippen LogP contribution in [-0.4, -0.2) is 5.11 Å². The monoisotopic (exact) mass is 264 g/mol. The Morgan fingerprint density at radius 1 is 1.00 bits per heavy atom. The van der Waals surface area contributed by atoms with Gasteiger partial charge in [0.05, 0.1) is 6.10 Å². The Hall–Kier alpha value is -2.12. The second-order valence-electron chi connectivity index (χ2n) is 5.07. The van der Waals surface area contributed by atoms with E-state index in [1.54, 1.807) is 0 Å². The van der Waals surface area contributed by atoms with Crippen molar-refractivity contribution >= 4 is 0 Å². The summed E-state index contributed by atoms with van der Waals surface area (Å²) in [6.07, 6.45) is 5.13. The van der Waals surface area contributed by atoms with Gasteiger partial charge in [-0.1, -0.05) is 78.9 Å². The SMILES string of the molecule is C=C[C@@](C)(/C=C/[C@@H](O)c1ccccc1)c1ccccc1. The highest BCUT2D eigenvalue weighted by Gasteiger charge is 2.19. The first-order valence-corrected chi connectivity index (χ1v) is 6.77. The second kappa shape index (κ2) is 6.36. The first kappa shape index (κ1) is 14.3. The molecule has 0 saturated heterocycles. The maximum Gasteiger partial charge on any atom is 0.0972 e. The Morgan fingerprint density at radius 3 is 2.10 bits per heavy atom. The molecule has 1 N–H and O–H groups in total. The van der Waals surface area contributed by atoms with Crippen molar-refractivity contribution in [1.82, 2.24) is 0 Å². The molecule has 0 bridgehead atoms. The second-order valence-corrected chi connectivity index (χ2v) is 5.07. The molecule has 2 rings (SSSR count). The largest absolute Gasteiger partial charge is 0.384 e. The van der Waals surface area contributed by atoms with Crippen LogP contribution in [0.25, 0.3) is 0 Å². The Morgan fingerprint density at radius 2 is 1.55 bits per heavy atom. The standard InChI is InChI=1S/C19H20O/c1-3-19(2,17-12-8-5-9-13-17)15-14-18(20)16-10-6-4-7-11-16/h3-15,18,20H,1H2,2H3/b15-14+/t18-,19+/m1/s1. The van der Waals surface area contributed by atoms with Gasteiger partial charge in [-0.15, -0.1) is 6.58 Å². The van der Waals surface area contributed by atoms with Crippen LogP contribution in [0.5, 0.6) is 0 Å². The third-order valence-electron chi connectivity index (χ3n) is 3.59. The van der Waals surface area contributed by atoms with Crippen molar-refractivity contribution < 1.29 is 5.11 Å². The van der Waals surface area contributed by atoms with Crippen molar-refractivity contribution in [2.75, 3.05) is 0 Å². The smallest absolute Gasteiger partial charge is 0.0972 e. The van der Waals surface area contributed by atoms with Gasteiger partial charge in [0.25, 0.3) is 0 Å². The van der Waals surface area contributed by atoms with Crippen LogP contribution in [0.1, 0.15) is 24.2 Å². The summed E-state index contributed by atoms with van der Waals surface area (Å²) in [6.45, 7) is 6.01. The third kappa shape index (κ3) is 3.25. The summed E-state index contributed by atoms with van der Waals surface area (Å²) in [7, 11) is 0. The van der Waals surface area contributed by atoms with Gasteiger partial charge >= 0.3 is 0 Å². The molecular formula is C19H20O. The topological polar surface area (TPSA) is 20.2 Å². The lowest BCUT2D eigenvalue weighted by atomic mass is 9.82. The van der Waals surface area contributed by atoms with Crippen LogP contribution < -0.4 is 0 Å². The zero-order chi connectivity index (χ0) is 14.4. The fourth-order valence-corrected chi connectivity index (χ4v) is 2.13. The molecule has 2 aromatic rings. The third-order valence-corrected chi connectivity index (χ3v) is 3.59. The summed E-state index contributed by atoms with van der Waals surface area (Å²) in [4.78, 5) is 0. The van der Waals surface area contributed by atoms with Crippen molar-refractivity contribution in [3.05, 3.63) is 96.6 Å². The highest BCUT2D eigenvalue weighted by molar-refractivity contribution is 5.36. The Labute approximate surface area is 120 Å². The fraction of sp³-hybridized carbons (Fsp3) is 0.158. The Bertz CT molecular complexity index is 571. The van der Waals surface area contributed by atoms with Crippen molar-refractivity contribution in [3.8, 4) is 0 Å². The van der Waals surface area contributed by atoms with Gasteiger partial charge < -0.3 is 5.11 Å². The molecule has 0 spiro atoms. The minimum Gasteiger partial charge on any atom is -0.384 e. The minimum absolute atomic E-state index is 0.281. The highest BCUT2D eigenvalue weighted by atomic mass is 16.3. The van der Waals surface area contributed by atoms with Crippen molar-refractivity contribution in [1.29, 1.82) is 0 Å². The van der Waals surface area contributed by atoms with Crippen molar-refractivity contribution in [2.24, 2.45) is 0 Å². The quantitative estimate of drug-likeness (QED) is 0.793. The van der Waals surface area contributed by atoms with E-state index in [9.17, 15) is 5.11 Å². The van der Waals surface area contributed by atoms with Gasteiger partial charge in [0, 0.05) is 5.41 Å². The predicted molar refractivity (Wildman–Crippen MR) is 84.5 cm³/mol. The van der Waals surface area contributed by atoms with Crippen LogP contribution in [0.2, 0.25) is 0 Å². The number of aliphatic hydroxyl groups excluding tert-OH is 1. The van der Waals surface area contributed by atoms with Gasteiger partial charge in [-0.25, -0.2) is 0 Å². The van der Waals surface area contributed by atoms with E-state index in [1.807, 2.05) is 66.8 Å². The van der Waals surface area contributed by atoms with E-state index in [0.717, 1.165) is 11.1 Å². The van der Waals surface area contributed by atoms with E-state index in [1.165, 1.54) is 0 Å². The van der Waals surface area contributed by atoms with Crippen molar-refractivity contribution in [3.63, 3.8) is 0 Å². The maximum absolute atomic E-state index is 10.2. The van der Waals surface area contributed by atoms with E-state index in [4.69, 9.17) is 0 Å². The predicted octanol–water partition coefficient (Wildman–Crippen LogP) is 4.42. The molecule has 0 radical (unpaired) electrons. The summed E-state index contributed by atoms with van der Waals surface area (Å²) in [5, 5.41) is 10.2. The summed E-state index contributed by atoms with van der Waals surface area (Å²) in [6, 6.07) is 19.8. The number of allylic oxidation sites excluding steroid dienone is 2. The molecule has 0 fully saturated rings. The molecule has 0 aliphatic rings. The van der Waals surface area contributed by atoms with Crippen LogP contribution in [-0.2, 0) is 5.41 Å². The Balaban J connectivity index is 2.22. The van der Waals surface area contributed by atoms with Gasteiger partial charge in [0.15, 0.2) is 0 Å². The fourth-order valence-electron chi connectivity index (χ4n) is 2.13. The Kier molecular flexibility index (Phi) is 4.54. The van der Waals surface area contributed by atoms with Gasteiger partial charge in [0.2, 0.25) is 0 Å². The molecule has 20 heavy (non-hydrogen) atoms. The van der Waals surface area contributed by atoms with Crippen LogP contribution >= 0.6 is 0 Å². The molecule has 102 valence electrons. The van der Waals surface area contributed by atoms with Crippen LogP contribution in [0, 0.1) is 0 Å². The molecule has 0 heterocycles. The molecule has 0 amide bonds. The first-order chi connectivity index (χ1) is 9.65. The van der Waals surface area contributed by atoms with Gasteiger partial charge in [0.1, 0.15) is 0 Å². The molecule has 0 saturated carbocycles. The molecular weight excluding hydrogens is 244 g/mol. The molecule has 0 aromatic heterocycles. The number of rotatable bonds is 5. The average Bonchev–Trinajstić information content (AvgIpc) is 2.54. The first-order valence-electron chi connectivity index (χ1n) is 6.77.